The highest BCUT2D eigenvalue weighted by molar-refractivity contribution is 7.87. The van der Waals surface area contributed by atoms with Gasteiger partial charge >= 0.3 is 15.6 Å². The van der Waals surface area contributed by atoms with E-state index >= 15 is 0 Å². The van der Waals surface area contributed by atoms with E-state index in [0.29, 0.717) is 36.3 Å². The highest BCUT2D eigenvalue weighted by Gasteiger charge is 2.49. The Labute approximate surface area is 120 Å². The molecule has 0 saturated heterocycles. The van der Waals surface area contributed by atoms with Crippen molar-refractivity contribution < 1.29 is 30.5 Å². The SMILES string of the molecule is CCOc1ccc2c(c1)C(OS(=O)(=O)C(F)(F)F)=CCC2. The van der Waals surface area contributed by atoms with Gasteiger partial charge in [0.15, 0.2) is 0 Å². The number of allylic oxidation sites excluding steroid dienone is 1. The Balaban J connectivity index is 2.36. The molecule has 0 N–H and O–H groups in total. The topological polar surface area (TPSA) is 52.6 Å². The Morgan fingerprint density at radius 1 is 1.29 bits per heavy atom. The van der Waals surface area contributed by atoms with Gasteiger partial charge < -0.3 is 8.92 Å². The van der Waals surface area contributed by atoms with Crippen molar-refractivity contribution in [2.45, 2.75) is 25.3 Å². The Bertz CT molecular complexity index is 662. The lowest BCUT2D eigenvalue weighted by Crippen LogP contribution is -2.25. The average molecular weight is 322 g/mol. The summed E-state index contributed by atoms with van der Waals surface area (Å²) >= 11 is 0. The molecule has 0 atom stereocenters. The Morgan fingerprint density at radius 2 is 2.00 bits per heavy atom. The second kappa shape index (κ2) is 5.59. The molecule has 0 aromatic heterocycles. The number of hydrogen-bond acceptors (Lipinski definition) is 4. The van der Waals surface area contributed by atoms with Crippen molar-refractivity contribution in [3.63, 3.8) is 0 Å². The fourth-order valence-electron chi connectivity index (χ4n) is 1.97. The van der Waals surface area contributed by atoms with Gasteiger partial charge in [0.25, 0.3) is 0 Å². The molecule has 1 aliphatic carbocycles. The van der Waals surface area contributed by atoms with E-state index in [1.807, 2.05) is 0 Å². The highest BCUT2D eigenvalue weighted by atomic mass is 32.2. The first kappa shape index (κ1) is 15.7. The fraction of sp³-hybridized carbons (Fsp3) is 0.385. The van der Waals surface area contributed by atoms with Gasteiger partial charge in [-0.05, 0) is 43.5 Å². The van der Waals surface area contributed by atoms with Crippen molar-refractivity contribution >= 4 is 15.9 Å². The molecule has 8 heteroatoms. The second-order valence-corrected chi connectivity index (χ2v) is 5.88. The molecule has 0 bridgehead atoms. The normalized spacial score (nSPS) is 15.1. The Hall–Kier alpha value is -1.70. The molecule has 0 amide bonds. The second-order valence-electron chi connectivity index (χ2n) is 4.34. The van der Waals surface area contributed by atoms with E-state index in [2.05, 4.69) is 4.18 Å². The van der Waals surface area contributed by atoms with Crippen molar-refractivity contribution in [2.24, 2.45) is 0 Å². The van der Waals surface area contributed by atoms with Gasteiger partial charge in [-0.25, -0.2) is 0 Å². The van der Waals surface area contributed by atoms with Gasteiger partial charge in [0.1, 0.15) is 11.5 Å². The van der Waals surface area contributed by atoms with Crippen LogP contribution in [0.2, 0.25) is 0 Å². The number of rotatable bonds is 4. The zero-order valence-corrected chi connectivity index (χ0v) is 11.9. The molecular weight excluding hydrogens is 309 g/mol. The van der Waals surface area contributed by atoms with Crippen LogP contribution in [0.4, 0.5) is 13.2 Å². The van der Waals surface area contributed by atoms with Crippen molar-refractivity contribution in [2.75, 3.05) is 6.61 Å². The quantitative estimate of drug-likeness (QED) is 0.631. The van der Waals surface area contributed by atoms with Gasteiger partial charge in [0, 0.05) is 5.56 Å². The summed E-state index contributed by atoms with van der Waals surface area (Å²) in [4.78, 5) is 0. The standard InChI is InChI=1S/C13H13F3O4S/c1-2-19-10-7-6-9-4-3-5-12(11(9)8-10)20-21(17,18)13(14,15)16/h5-8H,2-4H2,1H3. The van der Waals surface area contributed by atoms with Crippen LogP contribution >= 0.6 is 0 Å². The van der Waals surface area contributed by atoms with Crippen molar-refractivity contribution in [3.8, 4) is 5.75 Å². The number of hydrogen-bond donors (Lipinski definition) is 0. The molecule has 4 nitrogen and oxygen atoms in total. The summed E-state index contributed by atoms with van der Waals surface area (Å²) in [6.07, 6.45) is 2.34. The van der Waals surface area contributed by atoms with Crippen LogP contribution in [-0.4, -0.2) is 20.5 Å². The van der Waals surface area contributed by atoms with Crippen LogP contribution in [-0.2, 0) is 20.7 Å². The van der Waals surface area contributed by atoms with Crippen LogP contribution in [0.3, 0.4) is 0 Å². The molecule has 0 heterocycles. The zero-order chi connectivity index (χ0) is 15.7. The summed E-state index contributed by atoms with van der Waals surface area (Å²) < 4.78 is 69.0. The smallest absolute Gasteiger partial charge is 0.494 e. The third-order valence-electron chi connectivity index (χ3n) is 2.88. The molecule has 1 aliphatic rings. The molecule has 116 valence electrons. The summed E-state index contributed by atoms with van der Waals surface area (Å²) in [6, 6.07) is 4.86. The summed E-state index contributed by atoms with van der Waals surface area (Å²) in [5.74, 6) is 0.132. The summed E-state index contributed by atoms with van der Waals surface area (Å²) in [5, 5.41) is 0. The summed E-state index contributed by atoms with van der Waals surface area (Å²) in [7, 11) is -5.67. The van der Waals surface area contributed by atoms with Crippen LogP contribution in [0.25, 0.3) is 5.76 Å². The first-order chi connectivity index (χ1) is 9.74. The molecule has 0 aliphatic heterocycles. The molecule has 21 heavy (non-hydrogen) atoms. The minimum atomic E-state index is -5.67. The first-order valence-electron chi connectivity index (χ1n) is 6.21. The average Bonchev–Trinajstić information content (AvgIpc) is 2.38. The van der Waals surface area contributed by atoms with Crippen LogP contribution in [0.5, 0.6) is 5.75 Å². The molecular formula is C13H13F3O4S. The van der Waals surface area contributed by atoms with Crippen molar-refractivity contribution in [1.82, 2.24) is 0 Å². The van der Waals surface area contributed by atoms with Gasteiger partial charge in [-0.3, -0.25) is 0 Å². The Kier molecular flexibility index (Phi) is 4.18. The van der Waals surface area contributed by atoms with E-state index in [4.69, 9.17) is 4.74 Å². The third kappa shape index (κ3) is 3.31. The number of ether oxygens (including phenoxy) is 1. The summed E-state index contributed by atoms with van der Waals surface area (Å²) in [6.45, 7) is 2.15. The van der Waals surface area contributed by atoms with Crippen LogP contribution < -0.4 is 4.74 Å². The Morgan fingerprint density at radius 3 is 2.62 bits per heavy atom. The van der Waals surface area contributed by atoms with Crippen LogP contribution in [0, 0.1) is 0 Å². The van der Waals surface area contributed by atoms with E-state index in [0.717, 1.165) is 0 Å². The van der Waals surface area contributed by atoms with Crippen molar-refractivity contribution in [1.29, 1.82) is 0 Å². The van der Waals surface area contributed by atoms with E-state index in [9.17, 15) is 21.6 Å². The van der Waals surface area contributed by atoms with E-state index in [-0.39, 0.29) is 5.76 Å². The third-order valence-corrected chi connectivity index (χ3v) is 3.85. The lowest BCUT2D eigenvalue weighted by atomic mass is 9.96. The van der Waals surface area contributed by atoms with Gasteiger partial charge in [-0.15, -0.1) is 0 Å². The van der Waals surface area contributed by atoms with Gasteiger partial charge in [0.2, 0.25) is 0 Å². The molecule has 1 aromatic rings. The molecule has 1 aromatic carbocycles. The summed E-state index contributed by atoms with van der Waals surface area (Å²) in [5.41, 5.74) is -4.43. The van der Waals surface area contributed by atoms with E-state index in [1.165, 1.54) is 12.1 Å². The maximum atomic E-state index is 12.4. The minimum absolute atomic E-state index is 0.306. The van der Waals surface area contributed by atoms with E-state index in [1.54, 1.807) is 19.1 Å². The predicted octanol–water partition coefficient (Wildman–Crippen LogP) is 3.24. The van der Waals surface area contributed by atoms with Gasteiger partial charge in [0.05, 0.1) is 6.61 Å². The van der Waals surface area contributed by atoms with Gasteiger partial charge in [-0.2, -0.15) is 21.6 Å². The molecule has 2 rings (SSSR count). The van der Waals surface area contributed by atoms with Crippen LogP contribution in [0.15, 0.2) is 24.3 Å². The van der Waals surface area contributed by atoms with E-state index < -0.39 is 15.6 Å². The molecule has 0 saturated carbocycles. The van der Waals surface area contributed by atoms with Gasteiger partial charge in [-0.1, -0.05) is 6.07 Å². The largest absolute Gasteiger partial charge is 0.534 e. The number of fused-ring (bicyclic) bond motifs is 1. The lowest BCUT2D eigenvalue weighted by molar-refractivity contribution is -0.0509. The maximum absolute atomic E-state index is 12.4. The minimum Gasteiger partial charge on any atom is -0.494 e. The molecule has 0 fully saturated rings. The molecule has 0 radical (unpaired) electrons. The maximum Gasteiger partial charge on any atom is 0.534 e. The van der Waals surface area contributed by atoms with Crippen LogP contribution in [0.1, 0.15) is 24.5 Å². The monoisotopic (exact) mass is 322 g/mol. The fourth-order valence-corrected chi connectivity index (χ4v) is 2.46. The highest BCUT2D eigenvalue weighted by Crippen LogP contribution is 2.35. The number of benzene rings is 1. The lowest BCUT2D eigenvalue weighted by Gasteiger charge is -2.19. The number of halogens is 3. The first-order valence-corrected chi connectivity index (χ1v) is 7.62. The molecule has 0 unspecified atom stereocenters. The molecule has 0 spiro atoms. The number of aryl methyl sites for hydroxylation is 1. The zero-order valence-electron chi connectivity index (χ0n) is 11.1. The predicted molar refractivity (Wildman–Crippen MR) is 70.0 cm³/mol. The van der Waals surface area contributed by atoms with Crippen molar-refractivity contribution in [3.05, 3.63) is 35.4 Å². The number of alkyl halides is 3.